The zero-order chi connectivity index (χ0) is 20.6. The highest BCUT2D eigenvalue weighted by Gasteiger charge is 2.30. The minimum atomic E-state index is -4.46. The number of fused-ring (bicyclic) bond motifs is 1. The molecule has 148 valence electrons. The Morgan fingerprint density at radius 3 is 2.54 bits per heavy atom. The predicted molar refractivity (Wildman–Crippen MR) is 98.4 cm³/mol. The Hall–Kier alpha value is -2.54. The van der Waals surface area contributed by atoms with Crippen LogP contribution in [-0.4, -0.2) is 15.6 Å². The van der Waals surface area contributed by atoms with Crippen LogP contribution in [0.3, 0.4) is 0 Å². The third-order valence-corrected chi connectivity index (χ3v) is 5.04. The van der Waals surface area contributed by atoms with Gasteiger partial charge in [0.25, 0.3) is 0 Å². The van der Waals surface area contributed by atoms with E-state index in [4.69, 9.17) is 11.6 Å². The number of benzene rings is 2. The lowest BCUT2D eigenvalue weighted by Crippen LogP contribution is -2.08. The summed E-state index contributed by atoms with van der Waals surface area (Å²) in [6.07, 6.45) is -4.75. The Kier molecular flexibility index (Phi) is 5.39. The van der Waals surface area contributed by atoms with Crippen molar-refractivity contribution in [3.63, 3.8) is 0 Å². The number of nitrogens with zero attached hydrogens (tertiary/aromatic N) is 1. The van der Waals surface area contributed by atoms with Crippen molar-refractivity contribution in [1.29, 1.82) is 0 Å². The Morgan fingerprint density at radius 2 is 1.93 bits per heavy atom. The minimum Gasteiger partial charge on any atom is -0.481 e. The highest BCUT2D eigenvalue weighted by atomic mass is 35.5. The minimum absolute atomic E-state index is 0.0944. The van der Waals surface area contributed by atoms with Crippen molar-refractivity contribution in [2.75, 3.05) is 0 Å². The Morgan fingerprint density at radius 1 is 1.21 bits per heavy atom. The summed E-state index contributed by atoms with van der Waals surface area (Å²) < 4.78 is 53.9. The summed E-state index contributed by atoms with van der Waals surface area (Å²) in [5, 5.41) is 9.93. The Balaban J connectivity index is 2.17. The third kappa shape index (κ3) is 3.85. The van der Waals surface area contributed by atoms with Crippen LogP contribution in [0.2, 0.25) is 5.02 Å². The van der Waals surface area contributed by atoms with Crippen LogP contribution in [0.1, 0.15) is 27.9 Å². The molecule has 0 aliphatic carbocycles. The zero-order valence-corrected chi connectivity index (χ0v) is 15.5. The first kappa shape index (κ1) is 20.2. The van der Waals surface area contributed by atoms with Crippen LogP contribution in [0.4, 0.5) is 17.6 Å². The van der Waals surface area contributed by atoms with E-state index < -0.39 is 24.4 Å². The number of carboxylic acid groups (broad SMARTS) is 1. The maximum absolute atomic E-state index is 13.2. The monoisotopic (exact) mass is 413 g/mol. The molecule has 0 atom stereocenters. The van der Waals surface area contributed by atoms with Crippen molar-refractivity contribution in [1.82, 2.24) is 4.57 Å². The number of aliphatic carboxylic acids is 1. The molecule has 2 aromatic carbocycles. The second-order valence-electron chi connectivity index (χ2n) is 6.51. The van der Waals surface area contributed by atoms with Crippen LogP contribution < -0.4 is 0 Å². The lowest BCUT2D eigenvalue weighted by atomic mass is 10.1. The van der Waals surface area contributed by atoms with Gasteiger partial charge in [-0.15, -0.1) is 0 Å². The SMILES string of the molecule is Cc1c(CC(=O)O)c2cc(CF)c(Cl)cc2n1Cc1cccc(C(F)(F)F)c1. The third-order valence-electron chi connectivity index (χ3n) is 4.69. The van der Waals surface area contributed by atoms with E-state index in [2.05, 4.69) is 0 Å². The lowest BCUT2D eigenvalue weighted by Gasteiger charge is -2.12. The molecule has 0 spiro atoms. The van der Waals surface area contributed by atoms with Gasteiger partial charge in [-0.1, -0.05) is 23.7 Å². The highest BCUT2D eigenvalue weighted by molar-refractivity contribution is 6.32. The summed E-state index contributed by atoms with van der Waals surface area (Å²) in [5.41, 5.74) is 1.50. The highest BCUT2D eigenvalue weighted by Crippen LogP contribution is 2.34. The van der Waals surface area contributed by atoms with Crippen molar-refractivity contribution in [2.45, 2.75) is 32.7 Å². The second kappa shape index (κ2) is 7.47. The average molecular weight is 414 g/mol. The Bertz CT molecular complexity index is 1060. The number of carbonyl (C=O) groups is 1. The van der Waals surface area contributed by atoms with E-state index in [1.54, 1.807) is 17.6 Å². The molecule has 0 aliphatic heterocycles. The second-order valence-corrected chi connectivity index (χ2v) is 6.92. The lowest BCUT2D eigenvalue weighted by molar-refractivity contribution is -0.138. The molecular formula is C20H16ClF4NO2. The van der Waals surface area contributed by atoms with Gasteiger partial charge < -0.3 is 9.67 Å². The van der Waals surface area contributed by atoms with E-state index >= 15 is 0 Å². The van der Waals surface area contributed by atoms with Crippen molar-refractivity contribution in [3.05, 3.63) is 69.4 Å². The fourth-order valence-corrected chi connectivity index (χ4v) is 3.53. The molecule has 0 radical (unpaired) electrons. The van der Waals surface area contributed by atoms with Gasteiger partial charge in [-0.05, 0) is 42.3 Å². The number of hydrogen-bond donors (Lipinski definition) is 1. The molecule has 3 nitrogen and oxygen atoms in total. The molecule has 0 unspecified atom stereocenters. The fourth-order valence-electron chi connectivity index (χ4n) is 3.32. The van der Waals surface area contributed by atoms with Crippen molar-refractivity contribution >= 4 is 28.5 Å². The van der Waals surface area contributed by atoms with Gasteiger partial charge in [-0.25, -0.2) is 4.39 Å². The van der Waals surface area contributed by atoms with Crippen LogP contribution >= 0.6 is 11.6 Å². The molecule has 0 aliphatic rings. The maximum atomic E-state index is 13.2. The summed E-state index contributed by atoms with van der Waals surface area (Å²) in [7, 11) is 0. The van der Waals surface area contributed by atoms with Crippen LogP contribution in [0, 0.1) is 6.92 Å². The van der Waals surface area contributed by atoms with E-state index in [9.17, 15) is 27.5 Å². The molecule has 1 N–H and O–H groups in total. The molecule has 0 saturated carbocycles. The number of carboxylic acids is 1. The van der Waals surface area contributed by atoms with E-state index in [1.807, 2.05) is 0 Å². The van der Waals surface area contributed by atoms with Crippen molar-refractivity contribution in [2.24, 2.45) is 0 Å². The van der Waals surface area contributed by atoms with E-state index in [0.29, 0.717) is 27.7 Å². The average Bonchev–Trinajstić information content (AvgIpc) is 2.85. The largest absolute Gasteiger partial charge is 0.481 e. The molecule has 1 heterocycles. The molecule has 0 bridgehead atoms. The summed E-state index contributed by atoms with van der Waals surface area (Å²) in [5.74, 6) is -1.06. The molecule has 8 heteroatoms. The van der Waals surface area contributed by atoms with Gasteiger partial charge in [0.15, 0.2) is 0 Å². The molecular weight excluding hydrogens is 398 g/mol. The zero-order valence-electron chi connectivity index (χ0n) is 14.8. The van der Waals surface area contributed by atoms with Gasteiger partial charge in [-0.3, -0.25) is 4.79 Å². The first-order valence-corrected chi connectivity index (χ1v) is 8.73. The molecule has 28 heavy (non-hydrogen) atoms. The van der Waals surface area contributed by atoms with Gasteiger partial charge in [-0.2, -0.15) is 13.2 Å². The quantitative estimate of drug-likeness (QED) is 0.540. The van der Waals surface area contributed by atoms with Crippen molar-refractivity contribution < 1.29 is 27.5 Å². The van der Waals surface area contributed by atoms with Crippen LogP contribution in [0.25, 0.3) is 10.9 Å². The fraction of sp³-hybridized carbons (Fsp3) is 0.250. The van der Waals surface area contributed by atoms with E-state index in [0.717, 1.165) is 12.1 Å². The smallest absolute Gasteiger partial charge is 0.416 e. The molecule has 0 saturated heterocycles. The predicted octanol–water partition coefficient (Wildman–Crippen LogP) is 5.77. The van der Waals surface area contributed by atoms with Gasteiger partial charge in [0, 0.05) is 28.2 Å². The standard InChI is InChI=1S/C20H16ClF4NO2/c1-11-15(7-19(27)28)16-6-13(9-22)17(21)8-18(16)26(11)10-12-3-2-4-14(5-12)20(23,24)25/h2-6,8H,7,9-10H2,1H3,(H,27,28). The molecule has 3 aromatic rings. The number of aromatic nitrogens is 1. The summed E-state index contributed by atoms with van der Waals surface area (Å²) in [4.78, 5) is 11.3. The summed E-state index contributed by atoms with van der Waals surface area (Å²) in [6, 6.07) is 7.97. The molecule has 3 rings (SSSR count). The Labute approximate surface area is 163 Å². The molecule has 1 aromatic heterocycles. The van der Waals surface area contributed by atoms with Crippen LogP contribution in [0.5, 0.6) is 0 Å². The number of halogens is 5. The molecule has 0 amide bonds. The molecule has 0 fully saturated rings. The van der Waals surface area contributed by atoms with Crippen LogP contribution in [0.15, 0.2) is 36.4 Å². The first-order valence-electron chi connectivity index (χ1n) is 8.35. The summed E-state index contributed by atoms with van der Waals surface area (Å²) >= 11 is 6.11. The van der Waals surface area contributed by atoms with Gasteiger partial charge in [0.1, 0.15) is 6.67 Å². The summed E-state index contributed by atoms with van der Waals surface area (Å²) in [6.45, 7) is 0.977. The van der Waals surface area contributed by atoms with Crippen molar-refractivity contribution in [3.8, 4) is 0 Å². The van der Waals surface area contributed by atoms with Gasteiger partial charge in [0.2, 0.25) is 0 Å². The van der Waals surface area contributed by atoms with Gasteiger partial charge >= 0.3 is 12.1 Å². The number of rotatable bonds is 5. The normalized spacial score (nSPS) is 11.9. The topological polar surface area (TPSA) is 42.2 Å². The number of hydrogen-bond acceptors (Lipinski definition) is 1. The number of alkyl halides is 4. The van der Waals surface area contributed by atoms with Gasteiger partial charge in [0.05, 0.1) is 17.5 Å². The maximum Gasteiger partial charge on any atom is 0.416 e. The van der Waals surface area contributed by atoms with E-state index in [1.165, 1.54) is 18.2 Å². The van der Waals surface area contributed by atoms with Crippen LogP contribution in [-0.2, 0) is 30.6 Å². The first-order chi connectivity index (χ1) is 13.1. The van der Waals surface area contributed by atoms with E-state index in [-0.39, 0.29) is 23.6 Å².